The number of hydrogen-bond acceptors (Lipinski definition) is 4. The molecule has 2 heterocycles. The highest BCUT2D eigenvalue weighted by Gasteiger charge is 2.34. The molecule has 0 saturated carbocycles. The van der Waals surface area contributed by atoms with Crippen molar-refractivity contribution in [2.24, 2.45) is 0 Å². The molecule has 2 N–H and O–H groups in total. The predicted molar refractivity (Wildman–Crippen MR) is 115 cm³/mol. The normalized spacial score (nSPS) is 19.0. The van der Waals surface area contributed by atoms with Gasteiger partial charge in [-0.2, -0.15) is 0 Å². The minimum absolute atomic E-state index is 0.279. The maximum absolute atomic E-state index is 12.9. The zero-order chi connectivity index (χ0) is 21.1. The summed E-state index contributed by atoms with van der Waals surface area (Å²) in [7, 11) is 0. The standard InChI is InChI=1S/C24H27N3O3/c1-3-30-23(28)21-20(15-27-13-12-17-6-4-5-7-19(17)14-27)25-24(29)26-22(21)18-10-8-16(2)9-11-18/h4-11,22H,3,12-15H2,1-2H3,(H2,25,26,29). The van der Waals surface area contributed by atoms with Crippen molar-refractivity contribution in [2.75, 3.05) is 19.7 Å². The molecule has 2 aliphatic rings. The Balaban J connectivity index is 1.67. The van der Waals surface area contributed by atoms with Crippen LogP contribution in [0.5, 0.6) is 0 Å². The van der Waals surface area contributed by atoms with Crippen molar-refractivity contribution >= 4 is 12.0 Å². The van der Waals surface area contributed by atoms with Gasteiger partial charge in [0.15, 0.2) is 0 Å². The number of carbonyl (C=O) groups is 2. The van der Waals surface area contributed by atoms with Gasteiger partial charge in [-0.25, -0.2) is 9.59 Å². The summed E-state index contributed by atoms with van der Waals surface area (Å²) in [5.41, 5.74) is 5.71. The van der Waals surface area contributed by atoms with Crippen LogP contribution in [0.4, 0.5) is 4.79 Å². The van der Waals surface area contributed by atoms with Gasteiger partial charge in [0.05, 0.1) is 18.2 Å². The van der Waals surface area contributed by atoms with Crippen LogP contribution in [-0.4, -0.2) is 36.6 Å². The third kappa shape index (κ3) is 4.24. The topological polar surface area (TPSA) is 70.7 Å². The maximum Gasteiger partial charge on any atom is 0.338 e. The molecule has 1 atom stereocenters. The molecule has 0 aromatic heterocycles. The van der Waals surface area contributed by atoms with Crippen LogP contribution >= 0.6 is 0 Å². The summed E-state index contributed by atoms with van der Waals surface area (Å²) in [6.07, 6.45) is 0.950. The van der Waals surface area contributed by atoms with Gasteiger partial charge < -0.3 is 15.4 Å². The van der Waals surface area contributed by atoms with Crippen molar-refractivity contribution in [2.45, 2.75) is 32.9 Å². The Morgan fingerprint density at radius 1 is 1.13 bits per heavy atom. The van der Waals surface area contributed by atoms with Gasteiger partial charge in [0, 0.05) is 25.3 Å². The molecule has 0 bridgehead atoms. The fourth-order valence-corrected chi connectivity index (χ4v) is 4.11. The van der Waals surface area contributed by atoms with E-state index in [2.05, 4.69) is 33.7 Å². The Bertz CT molecular complexity index is 981. The van der Waals surface area contributed by atoms with Gasteiger partial charge >= 0.3 is 12.0 Å². The molecule has 0 saturated heterocycles. The molecule has 0 radical (unpaired) electrons. The smallest absolute Gasteiger partial charge is 0.338 e. The first-order valence-electron chi connectivity index (χ1n) is 10.4. The summed E-state index contributed by atoms with van der Waals surface area (Å²) < 4.78 is 5.36. The zero-order valence-electron chi connectivity index (χ0n) is 17.4. The molecule has 6 nitrogen and oxygen atoms in total. The molecule has 6 heteroatoms. The highest BCUT2D eigenvalue weighted by molar-refractivity contribution is 5.95. The number of carbonyl (C=O) groups excluding carboxylic acids is 2. The molecule has 0 aliphatic carbocycles. The number of hydrogen-bond donors (Lipinski definition) is 2. The van der Waals surface area contributed by atoms with E-state index in [1.165, 1.54) is 11.1 Å². The number of rotatable bonds is 5. The second-order valence-electron chi connectivity index (χ2n) is 7.78. The molecule has 2 aliphatic heterocycles. The largest absolute Gasteiger partial charge is 0.463 e. The van der Waals surface area contributed by atoms with E-state index in [4.69, 9.17) is 4.74 Å². The van der Waals surface area contributed by atoms with E-state index in [1.807, 2.05) is 37.3 Å². The Morgan fingerprint density at radius 3 is 2.60 bits per heavy atom. The van der Waals surface area contributed by atoms with Crippen molar-refractivity contribution in [3.05, 3.63) is 82.1 Å². The summed E-state index contributed by atoms with van der Waals surface area (Å²) in [4.78, 5) is 27.6. The van der Waals surface area contributed by atoms with Gasteiger partial charge in [-0.05, 0) is 37.0 Å². The summed E-state index contributed by atoms with van der Waals surface area (Å²) in [6.45, 7) is 6.21. The van der Waals surface area contributed by atoms with E-state index in [0.29, 0.717) is 17.8 Å². The Kier molecular flexibility index (Phi) is 5.86. The molecule has 2 aromatic rings. The lowest BCUT2D eigenvalue weighted by Gasteiger charge is -2.34. The highest BCUT2D eigenvalue weighted by Crippen LogP contribution is 2.29. The van der Waals surface area contributed by atoms with Gasteiger partial charge in [0.25, 0.3) is 0 Å². The van der Waals surface area contributed by atoms with E-state index in [1.54, 1.807) is 6.92 Å². The summed E-state index contributed by atoms with van der Waals surface area (Å²) in [5.74, 6) is -0.400. The van der Waals surface area contributed by atoms with E-state index >= 15 is 0 Å². The first-order valence-corrected chi connectivity index (χ1v) is 10.4. The molecule has 0 spiro atoms. The number of ether oxygens (including phenoxy) is 1. The number of benzene rings is 2. The van der Waals surface area contributed by atoms with Crippen molar-refractivity contribution in [1.82, 2.24) is 15.5 Å². The maximum atomic E-state index is 12.9. The van der Waals surface area contributed by atoms with Crippen LogP contribution < -0.4 is 10.6 Å². The molecule has 30 heavy (non-hydrogen) atoms. The molecular formula is C24H27N3O3. The number of nitrogens with one attached hydrogen (secondary N) is 2. The second-order valence-corrected chi connectivity index (χ2v) is 7.78. The van der Waals surface area contributed by atoms with E-state index in [9.17, 15) is 9.59 Å². The highest BCUT2D eigenvalue weighted by atomic mass is 16.5. The number of amides is 2. The van der Waals surface area contributed by atoms with Crippen LogP contribution in [0.1, 0.15) is 35.2 Å². The van der Waals surface area contributed by atoms with Crippen molar-refractivity contribution in [3.63, 3.8) is 0 Å². The summed E-state index contributed by atoms with van der Waals surface area (Å²) in [6, 6.07) is 15.4. The van der Waals surface area contributed by atoms with E-state index in [-0.39, 0.29) is 12.6 Å². The molecule has 2 aromatic carbocycles. The van der Waals surface area contributed by atoms with Crippen LogP contribution in [-0.2, 0) is 22.5 Å². The molecule has 0 fully saturated rings. The predicted octanol–water partition coefficient (Wildman–Crippen LogP) is 3.22. The average molecular weight is 405 g/mol. The minimum Gasteiger partial charge on any atom is -0.463 e. The van der Waals surface area contributed by atoms with Crippen LogP contribution in [0.3, 0.4) is 0 Å². The summed E-state index contributed by atoms with van der Waals surface area (Å²) >= 11 is 0. The fourth-order valence-electron chi connectivity index (χ4n) is 4.11. The number of urea groups is 1. The van der Waals surface area contributed by atoms with Gasteiger partial charge in [-0.3, -0.25) is 4.90 Å². The van der Waals surface area contributed by atoms with E-state index in [0.717, 1.165) is 30.6 Å². The quantitative estimate of drug-likeness (QED) is 0.750. The zero-order valence-corrected chi connectivity index (χ0v) is 17.4. The number of esters is 1. The number of fused-ring (bicyclic) bond motifs is 1. The lowest BCUT2D eigenvalue weighted by molar-refractivity contribution is -0.139. The first-order chi connectivity index (χ1) is 14.5. The fraction of sp³-hybridized carbons (Fsp3) is 0.333. The molecule has 156 valence electrons. The van der Waals surface area contributed by atoms with Crippen LogP contribution in [0, 0.1) is 6.92 Å². The Labute approximate surface area is 176 Å². The number of aryl methyl sites for hydroxylation is 1. The van der Waals surface area contributed by atoms with Gasteiger partial charge in [0.2, 0.25) is 0 Å². The van der Waals surface area contributed by atoms with Gasteiger partial charge in [-0.1, -0.05) is 54.1 Å². The third-order valence-corrected chi connectivity index (χ3v) is 5.65. The van der Waals surface area contributed by atoms with E-state index < -0.39 is 12.0 Å². The van der Waals surface area contributed by atoms with Crippen molar-refractivity contribution in [3.8, 4) is 0 Å². The van der Waals surface area contributed by atoms with Crippen molar-refractivity contribution < 1.29 is 14.3 Å². The molecule has 1 unspecified atom stereocenters. The SMILES string of the molecule is CCOC(=O)C1=C(CN2CCc3ccccc3C2)NC(=O)NC1c1ccc(C)cc1. The Morgan fingerprint density at radius 2 is 1.87 bits per heavy atom. The monoisotopic (exact) mass is 405 g/mol. The third-order valence-electron chi connectivity index (χ3n) is 5.65. The summed E-state index contributed by atoms with van der Waals surface area (Å²) in [5, 5.41) is 5.77. The lowest BCUT2D eigenvalue weighted by atomic mass is 9.93. The average Bonchev–Trinajstić information content (AvgIpc) is 2.74. The van der Waals surface area contributed by atoms with Crippen LogP contribution in [0.25, 0.3) is 0 Å². The van der Waals surface area contributed by atoms with Crippen LogP contribution in [0.2, 0.25) is 0 Å². The molecule has 4 rings (SSSR count). The van der Waals surface area contributed by atoms with Gasteiger partial charge in [-0.15, -0.1) is 0 Å². The second kappa shape index (κ2) is 8.71. The Hall–Kier alpha value is -3.12. The molecular weight excluding hydrogens is 378 g/mol. The first kappa shape index (κ1) is 20.2. The molecule has 2 amide bonds. The lowest BCUT2D eigenvalue weighted by Crippen LogP contribution is -2.49. The van der Waals surface area contributed by atoms with Crippen molar-refractivity contribution in [1.29, 1.82) is 0 Å². The minimum atomic E-state index is -0.537. The van der Waals surface area contributed by atoms with Gasteiger partial charge in [0.1, 0.15) is 0 Å². The van der Waals surface area contributed by atoms with Crippen LogP contribution in [0.15, 0.2) is 59.8 Å². The number of nitrogens with zero attached hydrogens (tertiary/aromatic N) is 1.